The summed E-state index contributed by atoms with van der Waals surface area (Å²) in [7, 11) is 0. The van der Waals surface area contributed by atoms with Crippen LogP contribution in [0.2, 0.25) is 0 Å². The second kappa shape index (κ2) is 11.0. The number of benzene rings is 3. The SMILES string of the molecule is CC[C@H]1CC[C@H](c2cc(F)c(C(F)(F)Oc3ccccc3-c3cc(F)c(OC(F)(F)F)c(F)c3)c(F)c2)CC1. The van der Waals surface area contributed by atoms with Crippen molar-refractivity contribution in [1.82, 2.24) is 0 Å². The molecule has 3 aromatic rings. The van der Waals surface area contributed by atoms with E-state index in [0.717, 1.165) is 43.5 Å². The van der Waals surface area contributed by atoms with Crippen LogP contribution in [0.5, 0.6) is 11.5 Å². The first kappa shape index (κ1) is 28.6. The molecule has 0 radical (unpaired) electrons. The zero-order valence-corrected chi connectivity index (χ0v) is 20.5. The third-order valence-corrected chi connectivity index (χ3v) is 6.90. The molecule has 3 aromatic carbocycles. The second-order valence-electron chi connectivity index (χ2n) is 9.42. The Bertz CT molecular complexity index is 1280. The van der Waals surface area contributed by atoms with Crippen LogP contribution in [0.1, 0.15) is 56.1 Å². The number of hydrogen-bond acceptors (Lipinski definition) is 2. The molecule has 0 atom stereocenters. The molecule has 0 bridgehead atoms. The first-order chi connectivity index (χ1) is 18.3. The van der Waals surface area contributed by atoms with Crippen LogP contribution < -0.4 is 9.47 Å². The van der Waals surface area contributed by atoms with Gasteiger partial charge in [0.15, 0.2) is 11.6 Å². The molecular weight excluding hydrogens is 539 g/mol. The lowest BCUT2D eigenvalue weighted by Crippen LogP contribution is -2.26. The fraction of sp³-hybridized carbons (Fsp3) is 0.357. The highest BCUT2D eigenvalue weighted by Gasteiger charge is 2.42. The third-order valence-electron chi connectivity index (χ3n) is 6.90. The van der Waals surface area contributed by atoms with Crippen LogP contribution in [0, 0.1) is 29.2 Å². The zero-order chi connectivity index (χ0) is 28.5. The van der Waals surface area contributed by atoms with E-state index in [9.17, 15) is 30.7 Å². The topological polar surface area (TPSA) is 18.5 Å². The number of halogens is 9. The van der Waals surface area contributed by atoms with Gasteiger partial charge in [-0.15, -0.1) is 13.2 Å². The summed E-state index contributed by atoms with van der Waals surface area (Å²) in [5.41, 5.74) is -2.23. The summed E-state index contributed by atoms with van der Waals surface area (Å²) in [6.45, 7) is 2.06. The first-order valence-electron chi connectivity index (χ1n) is 12.2. The maximum atomic E-state index is 15.1. The molecule has 1 saturated carbocycles. The summed E-state index contributed by atoms with van der Waals surface area (Å²) in [6.07, 6.45) is -5.86. The van der Waals surface area contributed by atoms with Gasteiger partial charge in [0, 0.05) is 5.56 Å². The molecule has 2 nitrogen and oxygen atoms in total. The summed E-state index contributed by atoms with van der Waals surface area (Å²) in [4.78, 5) is 0. The monoisotopic (exact) mass is 562 g/mol. The van der Waals surface area contributed by atoms with Crippen molar-refractivity contribution in [2.75, 3.05) is 0 Å². The summed E-state index contributed by atoms with van der Waals surface area (Å²) >= 11 is 0. The predicted octanol–water partition coefficient (Wildman–Crippen LogP) is 9.62. The number of alkyl halides is 5. The molecule has 210 valence electrons. The first-order valence-corrected chi connectivity index (χ1v) is 12.2. The fourth-order valence-corrected chi connectivity index (χ4v) is 4.92. The summed E-state index contributed by atoms with van der Waals surface area (Å²) < 4.78 is 134. The van der Waals surface area contributed by atoms with Gasteiger partial charge in [0.05, 0.1) is 0 Å². The van der Waals surface area contributed by atoms with Crippen LogP contribution in [0.15, 0.2) is 48.5 Å². The Morgan fingerprint density at radius 2 is 1.31 bits per heavy atom. The van der Waals surface area contributed by atoms with Crippen LogP contribution in [0.4, 0.5) is 39.5 Å². The van der Waals surface area contributed by atoms with Crippen molar-refractivity contribution in [3.05, 3.63) is 82.9 Å². The van der Waals surface area contributed by atoms with E-state index < -0.39 is 58.4 Å². The van der Waals surface area contributed by atoms with E-state index in [2.05, 4.69) is 16.4 Å². The van der Waals surface area contributed by atoms with Crippen molar-refractivity contribution in [1.29, 1.82) is 0 Å². The second-order valence-corrected chi connectivity index (χ2v) is 9.42. The molecule has 0 heterocycles. The standard InChI is InChI=1S/C28H23F9O2/c1-2-15-7-9-16(10-8-15)17-11-20(29)25(21(30)12-17)27(33,34)38-24-6-4-3-5-19(24)18-13-22(31)26(23(32)14-18)39-28(35,36)37/h3-6,11-16H,2,7-10H2,1H3/t15-,16-. The van der Waals surface area contributed by atoms with E-state index in [-0.39, 0.29) is 17.0 Å². The molecule has 0 aromatic heterocycles. The Balaban J connectivity index is 1.63. The lowest BCUT2D eigenvalue weighted by Gasteiger charge is -2.28. The predicted molar refractivity (Wildman–Crippen MR) is 124 cm³/mol. The average Bonchev–Trinajstić information content (AvgIpc) is 2.85. The molecule has 0 aliphatic heterocycles. The Morgan fingerprint density at radius 1 is 0.744 bits per heavy atom. The van der Waals surface area contributed by atoms with E-state index in [1.807, 2.05) is 0 Å². The maximum Gasteiger partial charge on any atom is 0.573 e. The van der Waals surface area contributed by atoms with E-state index >= 15 is 8.78 Å². The summed E-state index contributed by atoms with van der Waals surface area (Å²) in [5.74, 6) is -8.67. The minimum atomic E-state index is -5.38. The lowest BCUT2D eigenvalue weighted by atomic mass is 9.77. The van der Waals surface area contributed by atoms with Gasteiger partial charge in [-0.1, -0.05) is 31.5 Å². The van der Waals surface area contributed by atoms with Gasteiger partial charge in [0.25, 0.3) is 0 Å². The zero-order valence-electron chi connectivity index (χ0n) is 20.5. The van der Waals surface area contributed by atoms with Crippen molar-refractivity contribution < 1.29 is 49.0 Å². The van der Waals surface area contributed by atoms with Gasteiger partial charge in [-0.2, -0.15) is 8.78 Å². The van der Waals surface area contributed by atoms with Gasteiger partial charge in [-0.05, 0) is 79.0 Å². The van der Waals surface area contributed by atoms with Crippen molar-refractivity contribution in [3.8, 4) is 22.6 Å². The van der Waals surface area contributed by atoms with Gasteiger partial charge in [-0.3, -0.25) is 0 Å². The Morgan fingerprint density at radius 3 is 1.85 bits per heavy atom. The lowest BCUT2D eigenvalue weighted by molar-refractivity contribution is -0.276. The van der Waals surface area contributed by atoms with Crippen LogP contribution in [-0.2, 0) is 6.11 Å². The van der Waals surface area contributed by atoms with Crippen molar-refractivity contribution in [3.63, 3.8) is 0 Å². The fourth-order valence-electron chi connectivity index (χ4n) is 4.92. The minimum absolute atomic E-state index is 0.171. The van der Waals surface area contributed by atoms with Crippen molar-refractivity contribution in [2.45, 2.75) is 57.4 Å². The third kappa shape index (κ3) is 6.45. The molecule has 0 unspecified atom stereocenters. The Labute approximate surface area is 218 Å². The highest BCUT2D eigenvalue weighted by Crippen LogP contribution is 2.43. The van der Waals surface area contributed by atoms with E-state index in [0.29, 0.717) is 30.9 Å². The molecule has 0 spiro atoms. The average molecular weight is 562 g/mol. The summed E-state index contributed by atoms with van der Waals surface area (Å²) in [6, 6.07) is 7.11. The van der Waals surface area contributed by atoms with E-state index in [1.54, 1.807) is 0 Å². The number of hydrogen-bond donors (Lipinski definition) is 0. The highest BCUT2D eigenvalue weighted by atomic mass is 19.4. The van der Waals surface area contributed by atoms with Crippen LogP contribution >= 0.6 is 0 Å². The number of ether oxygens (including phenoxy) is 2. The molecular formula is C28H23F9O2. The van der Waals surface area contributed by atoms with Crippen molar-refractivity contribution >= 4 is 0 Å². The van der Waals surface area contributed by atoms with Gasteiger partial charge < -0.3 is 9.47 Å². The van der Waals surface area contributed by atoms with E-state index in [1.165, 1.54) is 12.1 Å². The normalized spacial score (nSPS) is 18.2. The van der Waals surface area contributed by atoms with Gasteiger partial charge in [0.2, 0.25) is 5.75 Å². The minimum Gasteiger partial charge on any atom is -0.428 e. The molecule has 0 saturated heterocycles. The molecule has 1 fully saturated rings. The molecule has 1 aliphatic rings. The van der Waals surface area contributed by atoms with E-state index in [4.69, 9.17) is 0 Å². The molecule has 0 amide bonds. The Kier molecular flexibility index (Phi) is 8.09. The maximum absolute atomic E-state index is 15.1. The molecule has 39 heavy (non-hydrogen) atoms. The van der Waals surface area contributed by atoms with Gasteiger partial charge in [0.1, 0.15) is 22.9 Å². The van der Waals surface area contributed by atoms with Crippen LogP contribution in [0.3, 0.4) is 0 Å². The highest BCUT2D eigenvalue weighted by molar-refractivity contribution is 5.71. The van der Waals surface area contributed by atoms with Gasteiger partial charge in [-0.25, -0.2) is 17.6 Å². The molecule has 4 rings (SSSR count). The number of rotatable bonds is 7. The van der Waals surface area contributed by atoms with Crippen molar-refractivity contribution in [2.24, 2.45) is 5.92 Å². The van der Waals surface area contributed by atoms with Crippen LogP contribution in [0.25, 0.3) is 11.1 Å². The van der Waals surface area contributed by atoms with Gasteiger partial charge >= 0.3 is 12.5 Å². The molecule has 1 aliphatic carbocycles. The summed E-state index contributed by atoms with van der Waals surface area (Å²) in [5, 5.41) is 0. The quantitative estimate of drug-likeness (QED) is 0.267. The Hall–Kier alpha value is -3.37. The molecule has 11 heteroatoms. The molecule has 0 N–H and O–H groups in total. The largest absolute Gasteiger partial charge is 0.573 e. The van der Waals surface area contributed by atoms with Crippen LogP contribution in [-0.4, -0.2) is 6.36 Å². The smallest absolute Gasteiger partial charge is 0.428 e. The number of para-hydroxylation sites is 1.